The highest BCUT2D eigenvalue weighted by Crippen LogP contribution is 2.08. The molecular weight excluding hydrogens is 210 g/mol. The molecule has 4 nitrogen and oxygen atoms in total. The van der Waals surface area contributed by atoms with Gasteiger partial charge in [0.05, 0.1) is 6.61 Å². The molecule has 0 amide bonds. The van der Waals surface area contributed by atoms with E-state index in [1.54, 1.807) is 0 Å². The standard InChI is InChI=1S/C10H19N3OS/c1-8(2)4-6-14-7-5-11-10-12-9(3)13-15-10/h8H,4-7H2,1-3H3,(H,11,12,13). The summed E-state index contributed by atoms with van der Waals surface area (Å²) < 4.78 is 9.55. The van der Waals surface area contributed by atoms with E-state index < -0.39 is 0 Å². The Balaban J connectivity index is 1.98. The molecule has 0 atom stereocenters. The van der Waals surface area contributed by atoms with Crippen LogP contribution in [0, 0.1) is 12.8 Å². The van der Waals surface area contributed by atoms with Crippen molar-refractivity contribution in [2.45, 2.75) is 27.2 Å². The minimum atomic E-state index is 0.712. The zero-order valence-corrected chi connectivity index (χ0v) is 10.4. The summed E-state index contributed by atoms with van der Waals surface area (Å²) in [6.07, 6.45) is 1.12. The maximum absolute atomic E-state index is 5.47. The van der Waals surface area contributed by atoms with Gasteiger partial charge in [-0.25, -0.2) is 4.98 Å². The normalized spacial score (nSPS) is 10.9. The Hall–Kier alpha value is -0.680. The fourth-order valence-corrected chi connectivity index (χ4v) is 1.62. The van der Waals surface area contributed by atoms with Crippen molar-refractivity contribution in [3.63, 3.8) is 0 Å². The van der Waals surface area contributed by atoms with Gasteiger partial charge in [-0.15, -0.1) is 0 Å². The summed E-state index contributed by atoms with van der Waals surface area (Å²) in [6, 6.07) is 0. The van der Waals surface area contributed by atoms with Crippen molar-refractivity contribution in [2.24, 2.45) is 5.92 Å². The lowest BCUT2D eigenvalue weighted by Crippen LogP contribution is -2.10. The van der Waals surface area contributed by atoms with Gasteiger partial charge in [-0.2, -0.15) is 4.37 Å². The van der Waals surface area contributed by atoms with Gasteiger partial charge in [0.1, 0.15) is 5.82 Å². The lowest BCUT2D eigenvalue weighted by atomic mass is 10.1. The van der Waals surface area contributed by atoms with Crippen LogP contribution in [0.1, 0.15) is 26.1 Å². The van der Waals surface area contributed by atoms with Crippen molar-refractivity contribution < 1.29 is 4.74 Å². The van der Waals surface area contributed by atoms with E-state index in [9.17, 15) is 0 Å². The van der Waals surface area contributed by atoms with Crippen molar-refractivity contribution in [2.75, 3.05) is 25.1 Å². The highest BCUT2D eigenvalue weighted by atomic mass is 32.1. The molecule has 15 heavy (non-hydrogen) atoms. The summed E-state index contributed by atoms with van der Waals surface area (Å²) in [5.41, 5.74) is 0. The maximum atomic E-state index is 5.47. The minimum absolute atomic E-state index is 0.712. The van der Waals surface area contributed by atoms with E-state index in [2.05, 4.69) is 28.5 Å². The van der Waals surface area contributed by atoms with Gasteiger partial charge in [-0.3, -0.25) is 0 Å². The number of aryl methyl sites for hydroxylation is 1. The van der Waals surface area contributed by atoms with Crippen LogP contribution in [0.2, 0.25) is 0 Å². The molecule has 5 heteroatoms. The number of anilines is 1. The van der Waals surface area contributed by atoms with Gasteiger partial charge in [0.2, 0.25) is 5.13 Å². The van der Waals surface area contributed by atoms with Crippen molar-refractivity contribution in [1.82, 2.24) is 9.36 Å². The molecule has 0 aliphatic heterocycles. The summed E-state index contributed by atoms with van der Waals surface area (Å²) >= 11 is 1.39. The third-order valence-corrected chi connectivity index (χ3v) is 2.65. The lowest BCUT2D eigenvalue weighted by Gasteiger charge is -2.06. The zero-order valence-electron chi connectivity index (χ0n) is 9.62. The molecule has 1 N–H and O–H groups in total. The van der Waals surface area contributed by atoms with E-state index in [-0.39, 0.29) is 0 Å². The maximum Gasteiger partial charge on any atom is 0.202 e. The molecule has 0 saturated carbocycles. The van der Waals surface area contributed by atoms with Crippen molar-refractivity contribution in [3.8, 4) is 0 Å². The second-order valence-corrected chi connectivity index (χ2v) is 4.62. The van der Waals surface area contributed by atoms with E-state index in [0.717, 1.165) is 37.1 Å². The molecule has 0 fully saturated rings. The lowest BCUT2D eigenvalue weighted by molar-refractivity contribution is 0.132. The van der Waals surface area contributed by atoms with Crippen LogP contribution in [0.15, 0.2) is 0 Å². The minimum Gasteiger partial charge on any atom is -0.380 e. The van der Waals surface area contributed by atoms with Crippen molar-refractivity contribution >= 4 is 16.7 Å². The summed E-state index contributed by atoms with van der Waals surface area (Å²) in [5.74, 6) is 1.53. The van der Waals surface area contributed by atoms with Crippen LogP contribution in [0.25, 0.3) is 0 Å². The first-order valence-corrected chi connectivity index (χ1v) is 6.07. The molecule has 0 spiro atoms. The van der Waals surface area contributed by atoms with E-state index in [0.29, 0.717) is 5.92 Å². The second-order valence-electron chi connectivity index (χ2n) is 3.87. The third-order valence-electron chi connectivity index (χ3n) is 1.89. The van der Waals surface area contributed by atoms with Gasteiger partial charge in [0.15, 0.2) is 0 Å². The molecule has 0 aliphatic rings. The number of hydrogen-bond acceptors (Lipinski definition) is 5. The Morgan fingerprint density at radius 2 is 2.20 bits per heavy atom. The average molecular weight is 229 g/mol. The monoisotopic (exact) mass is 229 g/mol. The first kappa shape index (κ1) is 12.4. The zero-order chi connectivity index (χ0) is 11.1. The number of hydrogen-bond donors (Lipinski definition) is 1. The van der Waals surface area contributed by atoms with E-state index in [4.69, 9.17) is 4.74 Å². The van der Waals surface area contributed by atoms with Crippen molar-refractivity contribution in [1.29, 1.82) is 0 Å². The summed E-state index contributed by atoms with van der Waals surface area (Å²) in [7, 11) is 0. The molecule has 0 bridgehead atoms. The van der Waals surface area contributed by atoms with Gasteiger partial charge < -0.3 is 10.1 Å². The van der Waals surface area contributed by atoms with Crippen LogP contribution in [-0.4, -0.2) is 29.1 Å². The Labute approximate surface area is 95.2 Å². The Kier molecular flexibility index (Phi) is 5.57. The molecule has 0 aliphatic carbocycles. The third kappa shape index (κ3) is 5.69. The molecule has 0 aromatic carbocycles. The van der Waals surface area contributed by atoms with Crippen LogP contribution >= 0.6 is 11.5 Å². The molecule has 0 saturated heterocycles. The van der Waals surface area contributed by atoms with E-state index in [1.165, 1.54) is 11.5 Å². The number of rotatable bonds is 7. The number of ether oxygens (including phenoxy) is 1. The molecular formula is C10H19N3OS. The van der Waals surface area contributed by atoms with Gasteiger partial charge in [0, 0.05) is 24.7 Å². The number of nitrogens with one attached hydrogen (secondary N) is 1. The van der Waals surface area contributed by atoms with Crippen LogP contribution in [-0.2, 0) is 4.74 Å². The first-order valence-electron chi connectivity index (χ1n) is 5.30. The molecule has 1 heterocycles. The fraction of sp³-hybridized carbons (Fsp3) is 0.800. The van der Waals surface area contributed by atoms with Gasteiger partial charge in [0.25, 0.3) is 0 Å². The van der Waals surface area contributed by atoms with Gasteiger partial charge in [-0.05, 0) is 19.3 Å². The highest BCUT2D eigenvalue weighted by molar-refractivity contribution is 7.09. The predicted molar refractivity (Wildman–Crippen MR) is 63.4 cm³/mol. The molecule has 0 unspecified atom stereocenters. The topological polar surface area (TPSA) is 47.0 Å². The fourth-order valence-electron chi connectivity index (χ4n) is 1.02. The SMILES string of the molecule is Cc1nsc(NCCOCCC(C)C)n1. The Morgan fingerprint density at radius 1 is 1.40 bits per heavy atom. The van der Waals surface area contributed by atoms with E-state index in [1.807, 2.05) is 6.92 Å². The smallest absolute Gasteiger partial charge is 0.202 e. The van der Waals surface area contributed by atoms with Gasteiger partial charge >= 0.3 is 0 Å². The summed E-state index contributed by atoms with van der Waals surface area (Å²) in [6.45, 7) is 8.66. The predicted octanol–water partition coefficient (Wildman–Crippen LogP) is 2.32. The quantitative estimate of drug-likeness (QED) is 0.729. The van der Waals surface area contributed by atoms with Crippen molar-refractivity contribution in [3.05, 3.63) is 5.82 Å². The Bertz CT molecular complexity index is 275. The summed E-state index contributed by atoms with van der Waals surface area (Å²) in [5, 5.41) is 4.05. The molecule has 1 rings (SSSR count). The van der Waals surface area contributed by atoms with E-state index >= 15 is 0 Å². The molecule has 86 valence electrons. The van der Waals surface area contributed by atoms with Crippen LogP contribution in [0.5, 0.6) is 0 Å². The largest absolute Gasteiger partial charge is 0.380 e. The van der Waals surface area contributed by atoms with Crippen LogP contribution in [0.4, 0.5) is 5.13 Å². The Morgan fingerprint density at radius 3 is 2.80 bits per heavy atom. The molecule has 0 radical (unpaired) electrons. The second kappa shape index (κ2) is 6.74. The highest BCUT2D eigenvalue weighted by Gasteiger charge is 1.98. The molecule has 1 aromatic rings. The van der Waals surface area contributed by atoms with Crippen LogP contribution in [0.3, 0.4) is 0 Å². The number of nitrogens with zero attached hydrogens (tertiary/aromatic N) is 2. The molecule has 1 aromatic heterocycles. The van der Waals surface area contributed by atoms with Crippen LogP contribution < -0.4 is 5.32 Å². The first-order chi connectivity index (χ1) is 7.18. The number of aromatic nitrogens is 2. The average Bonchev–Trinajstić information content (AvgIpc) is 2.57. The summed E-state index contributed by atoms with van der Waals surface area (Å²) in [4.78, 5) is 4.20. The van der Waals surface area contributed by atoms with Gasteiger partial charge in [-0.1, -0.05) is 13.8 Å².